The molecular formula is C14H27N3O3. The first kappa shape index (κ1) is 16.8. The van der Waals surface area contributed by atoms with Gasteiger partial charge in [-0.25, -0.2) is 9.59 Å². The first-order valence-corrected chi connectivity index (χ1v) is 7.14. The minimum absolute atomic E-state index is 0.0973. The molecule has 1 unspecified atom stereocenters. The SMILES string of the molecule is CCCC(C)(NC(=O)N1CCN(C)C(C)(C)C1)C(=O)O. The Hall–Kier alpha value is -1.30. The summed E-state index contributed by atoms with van der Waals surface area (Å²) in [6.07, 6.45) is 1.13. The summed E-state index contributed by atoms with van der Waals surface area (Å²) in [6.45, 7) is 9.64. The Kier molecular flexibility index (Phi) is 5.02. The summed E-state index contributed by atoms with van der Waals surface area (Å²) in [5.41, 5.74) is -1.29. The van der Waals surface area contributed by atoms with E-state index in [2.05, 4.69) is 24.1 Å². The third kappa shape index (κ3) is 3.62. The largest absolute Gasteiger partial charge is 0.480 e. The molecule has 0 spiro atoms. The van der Waals surface area contributed by atoms with Gasteiger partial charge in [0.1, 0.15) is 5.54 Å². The van der Waals surface area contributed by atoms with Crippen molar-refractivity contribution in [1.29, 1.82) is 0 Å². The van der Waals surface area contributed by atoms with Crippen LogP contribution in [0.3, 0.4) is 0 Å². The molecule has 116 valence electrons. The highest BCUT2D eigenvalue weighted by molar-refractivity contribution is 5.86. The lowest BCUT2D eigenvalue weighted by molar-refractivity contribution is -0.144. The molecule has 0 aromatic rings. The zero-order chi connectivity index (χ0) is 15.6. The molecule has 6 heteroatoms. The molecule has 0 bridgehead atoms. The van der Waals surface area contributed by atoms with E-state index in [4.69, 9.17) is 0 Å². The summed E-state index contributed by atoms with van der Waals surface area (Å²) in [7, 11) is 2.04. The Morgan fingerprint density at radius 2 is 1.95 bits per heavy atom. The van der Waals surface area contributed by atoms with Crippen molar-refractivity contribution in [3.63, 3.8) is 0 Å². The molecule has 1 heterocycles. The number of carboxylic acids is 1. The number of nitrogens with one attached hydrogen (secondary N) is 1. The lowest BCUT2D eigenvalue weighted by Gasteiger charge is -2.45. The topological polar surface area (TPSA) is 72.9 Å². The van der Waals surface area contributed by atoms with Gasteiger partial charge in [-0.15, -0.1) is 0 Å². The van der Waals surface area contributed by atoms with Gasteiger partial charge >= 0.3 is 12.0 Å². The van der Waals surface area contributed by atoms with Gasteiger partial charge in [0.25, 0.3) is 0 Å². The van der Waals surface area contributed by atoms with Gasteiger partial charge in [0.2, 0.25) is 0 Å². The first-order chi connectivity index (χ1) is 9.12. The lowest BCUT2D eigenvalue weighted by Crippen LogP contribution is -2.63. The van der Waals surface area contributed by atoms with Crippen LogP contribution in [0.1, 0.15) is 40.5 Å². The highest BCUT2D eigenvalue weighted by Crippen LogP contribution is 2.20. The van der Waals surface area contributed by atoms with Crippen LogP contribution in [0.5, 0.6) is 0 Å². The molecule has 1 aliphatic rings. The van der Waals surface area contributed by atoms with E-state index in [0.717, 1.165) is 6.54 Å². The monoisotopic (exact) mass is 285 g/mol. The maximum absolute atomic E-state index is 12.3. The van der Waals surface area contributed by atoms with Crippen molar-refractivity contribution in [3.05, 3.63) is 0 Å². The number of nitrogens with zero attached hydrogens (tertiary/aromatic N) is 2. The van der Waals surface area contributed by atoms with E-state index in [0.29, 0.717) is 25.9 Å². The second-order valence-corrected chi connectivity index (χ2v) is 6.47. The van der Waals surface area contributed by atoms with E-state index in [1.807, 2.05) is 14.0 Å². The van der Waals surface area contributed by atoms with Gasteiger partial charge in [0.05, 0.1) is 0 Å². The second kappa shape index (κ2) is 5.99. The number of likely N-dealkylation sites (N-methyl/N-ethyl adjacent to an activating group) is 1. The number of urea groups is 1. The highest BCUT2D eigenvalue weighted by Gasteiger charge is 2.38. The van der Waals surface area contributed by atoms with Gasteiger partial charge in [-0.1, -0.05) is 13.3 Å². The maximum atomic E-state index is 12.3. The quantitative estimate of drug-likeness (QED) is 0.818. The van der Waals surface area contributed by atoms with E-state index in [1.54, 1.807) is 11.8 Å². The molecule has 0 aromatic heterocycles. The molecule has 0 aliphatic carbocycles. The molecule has 0 aromatic carbocycles. The van der Waals surface area contributed by atoms with E-state index in [1.165, 1.54) is 0 Å². The fraction of sp³-hybridized carbons (Fsp3) is 0.857. The van der Waals surface area contributed by atoms with Gasteiger partial charge in [-0.2, -0.15) is 0 Å². The van der Waals surface area contributed by atoms with Crippen LogP contribution < -0.4 is 5.32 Å². The fourth-order valence-electron chi connectivity index (χ4n) is 2.45. The summed E-state index contributed by atoms with van der Waals surface area (Å²) < 4.78 is 0. The van der Waals surface area contributed by atoms with Crippen LogP contribution >= 0.6 is 0 Å². The van der Waals surface area contributed by atoms with Gasteiger partial charge in [-0.3, -0.25) is 4.90 Å². The van der Waals surface area contributed by atoms with Crippen LogP contribution in [0.4, 0.5) is 4.79 Å². The van der Waals surface area contributed by atoms with E-state index in [9.17, 15) is 14.7 Å². The third-order valence-corrected chi connectivity index (χ3v) is 4.21. The number of piperazine rings is 1. The average molecular weight is 285 g/mol. The molecule has 0 radical (unpaired) electrons. The molecule has 2 N–H and O–H groups in total. The number of rotatable bonds is 4. The predicted molar refractivity (Wildman–Crippen MR) is 77.8 cm³/mol. The average Bonchev–Trinajstić information content (AvgIpc) is 2.32. The van der Waals surface area contributed by atoms with Crippen molar-refractivity contribution >= 4 is 12.0 Å². The Bertz CT molecular complexity index is 384. The Morgan fingerprint density at radius 1 is 1.35 bits per heavy atom. The van der Waals surface area contributed by atoms with Gasteiger partial charge in [0.15, 0.2) is 0 Å². The molecule has 2 amide bonds. The zero-order valence-corrected chi connectivity index (χ0v) is 13.2. The van der Waals surface area contributed by atoms with E-state index in [-0.39, 0.29) is 11.6 Å². The van der Waals surface area contributed by atoms with Gasteiger partial charge < -0.3 is 15.3 Å². The number of aliphatic carboxylic acids is 1. The first-order valence-electron chi connectivity index (χ1n) is 7.14. The number of carbonyl (C=O) groups excluding carboxylic acids is 1. The van der Waals surface area contributed by atoms with Gasteiger partial charge in [-0.05, 0) is 34.2 Å². The molecule has 1 rings (SSSR count). The predicted octanol–water partition coefficient (Wildman–Crippen LogP) is 1.37. The van der Waals surface area contributed by atoms with Crippen LogP contribution in [0.25, 0.3) is 0 Å². The smallest absolute Gasteiger partial charge is 0.329 e. The molecular weight excluding hydrogens is 258 g/mol. The molecule has 1 fully saturated rings. The summed E-state index contributed by atoms with van der Waals surface area (Å²) in [6, 6.07) is -0.287. The van der Waals surface area contributed by atoms with Crippen LogP contribution in [-0.4, -0.2) is 64.7 Å². The van der Waals surface area contributed by atoms with Gasteiger partial charge in [0, 0.05) is 25.2 Å². The zero-order valence-electron chi connectivity index (χ0n) is 13.2. The minimum atomic E-state index is -1.20. The Balaban J connectivity index is 2.73. The van der Waals surface area contributed by atoms with Crippen molar-refractivity contribution in [2.75, 3.05) is 26.7 Å². The van der Waals surface area contributed by atoms with Crippen LogP contribution in [0.15, 0.2) is 0 Å². The van der Waals surface area contributed by atoms with Crippen LogP contribution in [0.2, 0.25) is 0 Å². The molecule has 20 heavy (non-hydrogen) atoms. The lowest BCUT2D eigenvalue weighted by atomic mass is 9.96. The molecule has 1 saturated heterocycles. The van der Waals surface area contributed by atoms with E-state index >= 15 is 0 Å². The number of carbonyl (C=O) groups is 2. The summed E-state index contributed by atoms with van der Waals surface area (Å²) in [5, 5.41) is 12.0. The summed E-state index contributed by atoms with van der Waals surface area (Å²) in [4.78, 5) is 27.6. The standard InChI is InChI=1S/C14H27N3O3/c1-6-7-14(4,11(18)19)15-12(20)17-9-8-16(5)13(2,3)10-17/h6-10H2,1-5H3,(H,15,20)(H,18,19). The van der Waals surface area contributed by atoms with Crippen molar-refractivity contribution in [2.24, 2.45) is 0 Å². The summed E-state index contributed by atoms with van der Waals surface area (Å²) in [5.74, 6) is -0.985. The van der Waals surface area contributed by atoms with Crippen molar-refractivity contribution in [1.82, 2.24) is 15.1 Å². The number of hydrogen-bond acceptors (Lipinski definition) is 3. The van der Waals surface area contributed by atoms with Crippen LogP contribution in [-0.2, 0) is 4.79 Å². The normalized spacial score (nSPS) is 22.1. The third-order valence-electron chi connectivity index (χ3n) is 4.21. The fourth-order valence-corrected chi connectivity index (χ4v) is 2.45. The number of carboxylic acid groups (broad SMARTS) is 1. The highest BCUT2D eigenvalue weighted by atomic mass is 16.4. The van der Waals surface area contributed by atoms with Crippen molar-refractivity contribution in [2.45, 2.75) is 51.6 Å². The van der Waals surface area contributed by atoms with Crippen LogP contribution in [0, 0.1) is 0 Å². The number of amides is 2. The summed E-state index contributed by atoms with van der Waals surface area (Å²) >= 11 is 0. The van der Waals surface area contributed by atoms with Crippen molar-refractivity contribution in [3.8, 4) is 0 Å². The Morgan fingerprint density at radius 3 is 2.40 bits per heavy atom. The van der Waals surface area contributed by atoms with Crippen molar-refractivity contribution < 1.29 is 14.7 Å². The second-order valence-electron chi connectivity index (χ2n) is 6.47. The maximum Gasteiger partial charge on any atom is 0.329 e. The van der Waals surface area contributed by atoms with E-state index < -0.39 is 11.5 Å². The molecule has 6 nitrogen and oxygen atoms in total. The molecule has 0 saturated carbocycles. The Labute approximate surface area is 121 Å². The number of hydrogen-bond donors (Lipinski definition) is 2. The minimum Gasteiger partial charge on any atom is -0.480 e. The molecule has 1 aliphatic heterocycles. The molecule has 1 atom stereocenters.